The highest BCUT2D eigenvalue weighted by atomic mass is 16.3. The van der Waals surface area contributed by atoms with Crippen molar-refractivity contribution >= 4 is 0 Å². The Bertz CT molecular complexity index is 313. The first-order valence-electron chi connectivity index (χ1n) is 4.38. The van der Waals surface area contributed by atoms with Crippen LogP contribution >= 0.6 is 0 Å². The van der Waals surface area contributed by atoms with Gasteiger partial charge in [-0.3, -0.25) is 0 Å². The molecule has 2 rings (SSSR count). The summed E-state index contributed by atoms with van der Waals surface area (Å²) in [6.07, 6.45) is 2.10. The van der Waals surface area contributed by atoms with Crippen molar-refractivity contribution in [1.29, 1.82) is 0 Å². The minimum absolute atomic E-state index is 0.334. The van der Waals surface area contributed by atoms with Gasteiger partial charge in [-0.05, 0) is 35.4 Å². The quantitative estimate of drug-likeness (QED) is 0.621. The lowest BCUT2D eigenvalue weighted by molar-refractivity contribution is 0.386. The molecule has 1 heteroatoms. The van der Waals surface area contributed by atoms with Gasteiger partial charge in [0.05, 0.1) is 0 Å². The maximum atomic E-state index is 9.56. The number of phenols is 1. The van der Waals surface area contributed by atoms with Crippen molar-refractivity contribution in [3.05, 3.63) is 29.3 Å². The zero-order valence-electron chi connectivity index (χ0n) is 7.59. The molecular weight excluding hydrogens is 148 g/mol. The predicted octanol–water partition coefficient (Wildman–Crippen LogP) is 2.52. The Balaban J connectivity index is 2.48. The van der Waals surface area contributed by atoms with Crippen molar-refractivity contribution in [1.82, 2.24) is 0 Å². The van der Waals surface area contributed by atoms with Gasteiger partial charge >= 0.3 is 0 Å². The molecule has 0 saturated heterocycles. The molecular formula is C11H14O. The molecule has 0 aliphatic heterocycles. The van der Waals surface area contributed by atoms with E-state index in [-0.39, 0.29) is 0 Å². The molecule has 1 N–H and O–H groups in total. The Hall–Kier alpha value is -0.980. The molecule has 1 aromatic rings. The van der Waals surface area contributed by atoms with Crippen LogP contribution < -0.4 is 0 Å². The lowest BCUT2D eigenvalue weighted by atomic mass is 9.90. The van der Waals surface area contributed by atoms with Gasteiger partial charge in [-0.2, -0.15) is 0 Å². The van der Waals surface area contributed by atoms with E-state index in [4.69, 9.17) is 0 Å². The topological polar surface area (TPSA) is 20.2 Å². The van der Waals surface area contributed by atoms with Crippen LogP contribution in [0.4, 0.5) is 0 Å². The van der Waals surface area contributed by atoms with Gasteiger partial charge in [0, 0.05) is 0 Å². The first kappa shape index (κ1) is 7.66. The van der Waals surface area contributed by atoms with Gasteiger partial charge in [0.25, 0.3) is 0 Å². The van der Waals surface area contributed by atoms with Crippen molar-refractivity contribution in [3.8, 4) is 5.75 Å². The minimum Gasteiger partial charge on any atom is -0.508 e. The van der Waals surface area contributed by atoms with E-state index in [0.717, 1.165) is 18.4 Å². The molecule has 12 heavy (non-hydrogen) atoms. The summed E-state index contributed by atoms with van der Waals surface area (Å²) in [4.78, 5) is 0. The lowest BCUT2D eigenvalue weighted by Gasteiger charge is -2.14. The molecule has 64 valence electrons. The summed E-state index contributed by atoms with van der Waals surface area (Å²) in [5.74, 6) is 0.470. The van der Waals surface area contributed by atoms with Gasteiger partial charge in [0.1, 0.15) is 5.75 Å². The third kappa shape index (κ3) is 1.09. The molecule has 0 saturated carbocycles. The van der Waals surface area contributed by atoms with E-state index in [1.54, 1.807) is 6.07 Å². The third-order valence-corrected chi connectivity index (χ3v) is 2.57. The molecule has 0 bridgehead atoms. The molecule has 0 spiro atoms. The Morgan fingerprint density at radius 3 is 2.67 bits per heavy atom. The van der Waals surface area contributed by atoms with E-state index in [1.807, 2.05) is 6.07 Å². The molecule has 1 aromatic carbocycles. The fraction of sp³-hybridized carbons (Fsp3) is 0.455. The van der Waals surface area contributed by atoms with Crippen molar-refractivity contribution in [2.45, 2.75) is 26.7 Å². The van der Waals surface area contributed by atoms with Gasteiger partial charge in [0.15, 0.2) is 0 Å². The minimum atomic E-state index is 0.334. The van der Waals surface area contributed by atoms with Gasteiger partial charge < -0.3 is 5.11 Å². The number of hydrogen-bond acceptors (Lipinski definition) is 1. The maximum Gasteiger partial charge on any atom is 0.119 e. The zero-order valence-corrected chi connectivity index (χ0v) is 7.59. The van der Waals surface area contributed by atoms with Crippen LogP contribution in [0.15, 0.2) is 18.2 Å². The normalized spacial score (nSPS) is 19.2. The summed E-state index contributed by atoms with van der Waals surface area (Å²) in [7, 11) is 0. The maximum absolute atomic E-state index is 9.56. The first-order chi connectivity index (χ1) is 5.58. The second kappa shape index (κ2) is 2.25. The Kier molecular flexibility index (Phi) is 1.44. The Morgan fingerprint density at radius 2 is 2.00 bits per heavy atom. The highest BCUT2D eigenvalue weighted by Gasteiger charge is 2.29. The second-order valence-corrected chi connectivity index (χ2v) is 4.43. The van der Waals surface area contributed by atoms with Gasteiger partial charge in [-0.15, -0.1) is 0 Å². The van der Waals surface area contributed by atoms with Crippen molar-refractivity contribution in [2.24, 2.45) is 5.41 Å². The van der Waals surface area contributed by atoms with Crippen molar-refractivity contribution in [3.63, 3.8) is 0 Å². The van der Waals surface area contributed by atoms with Crippen molar-refractivity contribution < 1.29 is 5.11 Å². The number of hydrogen-bond donors (Lipinski definition) is 1. The SMILES string of the molecule is CC1(C)Cc2cccc(O)c2C1. The molecule has 1 nitrogen and oxygen atoms in total. The van der Waals surface area contributed by atoms with Crippen LogP contribution in [-0.4, -0.2) is 5.11 Å². The van der Waals surface area contributed by atoms with E-state index in [9.17, 15) is 5.11 Å². The average Bonchev–Trinajstić information content (AvgIpc) is 2.25. The van der Waals surface area contributed by atoms with Gasteiger partial charge in [-0.25, -0.2) is 0 Å². The molecule has 0 aromatic heterocycles. The molecule has 0 amide bonds. The number of fused-ring (bicyclic) bond motifs is 1. The zero-order chi connectivity index (χ0) is 8.77. The lowest BCUT2D eigenvalue weighted by Crippen LogP contribution is -2.09. The summed E-state index contributed by atoms with van der Waals surface area (Å²) < 4.78 is 0. The van der Waals surface area contributed by atoms with Crippen LogP contribution in [-0.2, 0) is 12.8 Å². The van der Waals surface area contributed by atoms with Crippen LogP contribution in [0.2, 0.25) is 0 Å². The van der Waals surface area contributed by atoms with E-state index in [0.29, 0.717) is 11.2 Å². The van der Waals surface area contributed by atoms with E-state index in [1.165, 1.54) is 5.56 Å². The van der Waals surface area contributed by atoms with Crippen LogP contribution in [0.1, 0.15) is 25.0 Å². The fourth-order valence-corrected chi connectivity index (χ4v) is 2.05. The van der Waals surface area contributed by atoms with Gasteiger partial charge in [0.2, 0.25) is 0 Å². The predicted molar refractivity (Wildman–Crippen MR) is 49.3 cm³/mol. The van der Waals surface area contributed by atoms with Gasteiger partial charge in [-0.1, -0.05) is 26.0 Å². The number of rotatable bonds is 0. The Labute approximate surface area is 73.0 Å². The Morgan fingerprint density at radius 1 is 1.25 bits per heavy atom. The number of aromatic hydroxyl groups is 1. The monoisotopic (exact) mass is 162 g/mol. The number of phenolic OH excluding ortho intramolecular Hbond substituents is 1. The molecule has 0 unspecified atom stereocenters. The standard InChI is InChI=1S/C11H14O/c1-11(2)6-8-4-3-5-10(12)9(8)7-11/h3-5,12H,6-7H2,1-2H3. The first-order valence-corrected chi connectivity index (χ1v) is 4.38. The summed E-state index contributed by atoms with van der Waals surface area (Å²) in [6, 6.07) is 5.82. The summed E-state index contributed by atoms with van der Waals surface area (Å²) in [5.41, 5.74) is 2.81. The molecule has 0 radical (unpaired) electrons. The van der Waals surface area contributed by atoms with E-state index < -0.39 is 0 Å². The van der Waals surface area contributed by atoms with E-state index in [2.05, 4.69) is 19.9 Å². The summed E-state index contributed by atoms with van der Waals surface area (Å²) >= 11 is 0. The molecule has 0 heterocycles. The smallest absolute Gasteiger partial charge is 0.119 e. The van der Waals surface area contributed by atoms with Crippen LogP contribution in [0.25, 0.3) is 0 Å². The molecule has 0 fully saturated rings. The molecule has 1 aliphatic rings. The fourth-order valence-electron chi connectivity index (χ4n) is 2.05. The van der Waals surface area contributed by atoms with Crippen LogP contribution in [0.3, 0.4) is 0 Å². The number of benzene rings is 1. The van der Waals surface area contributed by atoms with Crippen LogP contribution in [0, 0.1) is 5.41 Å². The summed E-state index contributed by atoms with van der Waals surface area (Å²) in [5, 5.41) is 9.56. The highest BCUT2D eigenvalue weighted by molar-refractivity contribution is 5.43. The molecule has 0 atom stereocenters. The van der Waals surface area contributed by atoms with Crippen molar-refractivity contribution in [2.75, 3.05) is 0 Å². The molecule has 1 aliphatic carbocycles. The average molecular weight is 162 g/mol. The van der Waals surface area contributed by atoms with Crippen LogP contribution in [0.5, 0.6) is 5.75 Å². The summed E-state index contributed by atoms with van der Waals surface area (Å²) in [6.45, 7) is 4.49. The highest BCUT2D eigenvalue weighted by Crippen LogP contribution is 2.39. The second-order valence-electron chi connectivity index (χ2n) is 4.43. The largest absolute Gasteiger partial charge is 0.508 e. The van der Waals surface area contributed by atoms with E-state index >= 15 is 0 Å². The third-order valence-electron chi connectivity index (χ3n) is 2.57.